The van der Waals surface area contributed by atoms with Gasteiger partial charge in [0.2, 0.25) is 0 Å². The predicted octanol–water partition coefficient (Wildman–Crippen LogP) is 3.47. The predicted molar refractivity (Wildman–Crippen MR) is 72.8 cm³/mol. The zero-order chi connectivity index (χ0) is 13.9. The lowest BCUT2D eigenvalue weighted by Crippen LogP contribution is -2.40. The molecule has 0 bridgehead atoms. The molecule has 0 spiro atoms. The lowest BCUT2D eigenvalue weighted by Gasteiger charge is -2.25. The van der Waals surface area contributed by atoms with Gasteiger partial charge in [0.1, 0.15) is 11.6 Å². The summed E-state index contributed by atoms with van der Waals surface area (Å²) in [5.74, 6) is -1.13. The van der Waals surface area contributed by atoms with Crippen molar-refractivity contribution in [3.8, 4) is 0 Å². The van der Waals surface area contributed by atoms with Crippen molar-refractivity contribution in [1.82, 2.24) is 0 Å². The molecule has 0 radical (unpaired) electrons. The molecule has 3 heteroatoms. The lowest BCUT2D eigenvalue weighted by molar-refractivity contribution is 0.459. The second kappa shape index (κ2) is 5.49. The van der Waals surface area contributed by atoms with Crippen molar-refractivity contribution in [2.24, 2.45) is 5.73 Å². The molecule has 0 aromatic heterocycles. The highest BCUT2D eigenvalue weighted by atomic mass is 19.1. The zero-order valence-corrected chi connectivity index (χ0v) is 10.9. The molecular weight excluding hydrogens is 244 g/mol. The van der Waals surface area contributed by atoms with Crippen LogP contribution in [-0.4, -0.2) is 5.54 Å². The van der Waals surface area contributed by atoms with E-state index in [9.17, 15) is 8.78 Å². The van der Waals surface area contributed by atoms with Crippen molar-refractivity contribution in [2.45, 2.75) is 25.3 Å². The van der Waals surface area contributed by atoms with Crippen molar-refractivity contribution in [3.05, 3.63) is 71.3 Å². The molecule has 1 nitrogen and oxygen atoms in total. The van der Waals surface area contributed by atoms with Gasteiger partial charge in [-0.2, -0.15) is 0 Å². The van der Waals surface area contributed by atoms with Gasteiger partial charge in [-0.3, -0.25) is 0 Å². The van der Waals surface area contributed by atoms with Crippen molar-refractivity contribution in [2.75, 3.05) is 0 Å². The molecule has 0 aliphatic carbocycles. The van der Waals surface area contributed by atoms with E-state index in [0.717, 1.165) is 11.6 Å². The van der Waals surface area contributed by atoms with E-state index in [1.54, 1.807) is 0 Å². The topological polar surface area (TPSA) is 26.0 Å². The maximum Gasteiger partial charge on any atom is 0.126 e. The van der Waals surface area contributed by atoms with Crippen molar-refractivity contribution in [1.29, 1.82) is 0 Å². The molecule has 2 aromatic rings. The van der Waals surface area contributed by atoms with E-state index in [0.29, 0.717) is 18.4 Å². The third-order valence-electron chi connectivity index (χ3n) is 2.98. The molecule has 2 rings (SSSR count). The third kappa shape index (κ3) is 4.14. The molecule has 0 saturated carbocycles. The number of nitrogens with two attached hydrogens (primary N) is 1. The van der Waals surface area contributed by atoms with Crippen molar-refractivity contribution in [3.63, 3.8) is 0 Å². The van der Waals surface area contributed by atoms with Crippen LogP contribution in [0.25, 0.3) is 0 Å². The van der Waals surface area contributed by atoms with Gasteiger partial charge in [-0.1, -0.05) is 30.3 Å². The molecule has 0 saturated heterocycles. The second-order valence-corrected chi connectivity index (χ2v) is 5.27. The minimum Gasteiger partial charge on any atom is -0.325 e. The molecule has 2 aromatic carbocycles. The van der Waals surface area contributed by atoms with E-state index < -0.39 is 17.2 Å². The van der Waals surface area contributed by atoms with E-state index in [-0.39, 0.29) is 0 Å². The monoisotopic (exact) mass is 261 g/mol. The summed E-state index contributed by atoms with van der Waals surface area (Å²) >= 11 is 0. The summed E-state index contributed by atoms with van der Waals surface area (Å²) in [6.07, 6.45) is 1.09. The fourth-order valence-electron chi connectivity index (χ4n) is 2.30. The first-order chi connectivity index (χ1) is 8.94. The fraction of sp³-hybridized carbons (Fsp3) is 0.250. The molecule has 100 valence electrons. The quantitative estimate of drug-likeness (QED) is 0.896. The Bertz CT molecular complexity index is 530. The van der Waals surface area contributed by atoms with Crippen LogP contribution >= 0.6 is 0 Å². The highest BCUT2D eigenvalue weighted by molar-refractivity contribution is 5.23. The van der Waals surface area contributed by atoms with Crippen LogP contribution in [0.4, 0.5) is 8.78 Å². The Hall–Kier alpha value is -1.74. The molecule has 1 unspecified atom stereocenters. The highest BCUT2D eigenvalue weighted by Gasteiger charge is 2.20. The van der Waals surface area contributed by atoms with Crippen LogP contribution in [0.15, 0.2) is 48.5 Å². The Labute approximate surface area is 112 Å². The summed E-state index contributed by atoms with van der Waals surface area (Å²) in [5, 5.41) is 0. The minimum atomic E-state index is -0.564. The van der Waals surface area contributed by atoms with Gasteiger partial charge in [-0.15, -0.1) is 0 Å². The zero-order valence-electron chi connectivity index (χ0n) is 10.9. The average Bonchev–Trinajstić information content (AvgIpc) is 2.27. The molecule has 0 fully saturated rings. The molecule has 1 atom stereocenters. The Morgan fingerprint density at radius 1 is 0.895 bits per heavy atom. The summed E-state index contributed by atoms with van der Waals surface area (Å²) < 4.78 is 26.3. The molecular formula is C16H17F2N. The summed E-state index contributed by atoms with van der Waals surface area (Å²) in [5.41, 5.74) is 7.39. The van der Waals surface area contributed by atoms with Gasteiger partial charge >= 0.3 is 0 Å². The van der Waals surface area contributed by atoms with Gasteiger partial charge in [-0.25, -0.2) is 8.78 Å². The molecule has 19 heavy (non-hydrogen) atoms. The number of hydrogen-bond acceptors (Lipinski definition) is 1. The largest absolute Gasteiger partial charge is 0.325 e. The molecule has 0 amide bonds. The van der Waals surface area contributed by atoms with Gasteiger partial charge in [0.05, 0.1) is 0 Å². The van der Waals surface area contributed by atoms with E-state index in [1.165, 1.54) is 12.1 Å². The van der Waals surface area contributed by atoms with Gasteiger partial charge in [0, 0.05) is 11.6 Å². The van der Waals surface area contributed by atoms with Crippen LogP contribution in [0, 0.1) is 11.6 Å². The van der Waals surface area contributed by atoms with Gasteiger partial charge in [0.15, 0.2) is 0 Å². The lowest BCUT2D eigenvalue weighted by atomic mass is 9.87. The van der Waals surface area contributed by atoms with E-state index in [4.69, 9.17) is 5.73 Å². The van der Waals surface area contributed by atoms with Crippen LogP contribution < -0.4 is 5.73 Å². The Balaban J connectivity index is 2.12. The number of hydrogen-bond donors (Lipinski definition) is 1. The van der Waals surface area contributed by atoms with Crippen LogP contribution in [0.2, 0.25) is 0 Å². The number of benzene rings is 2. The molecule has 0 aliphatic rings. The maximum absolute atomic E-state index is 13.1. The Morgan fingerprint density at radius 3 is 2.00 bits per heavy atom. The third-order valence-corrected chi connectivity index (χ3v) is 2.98. The van der Waals surface area contributed by atoms with Gasteiger partial charge < -0.3 is 5.73 Å². The number of rotatable bonds is 4. The van der Waals surface area contributed by atoms with Crippen molar-refractivity contribution >= 4 is 0 Å². The first kappa shape index (κ1) is 13.7. The Kier molecular flexibility index (Phi) is 3.96. The first-order valence-electron chi connectivity index (χ1n) is 6.22. The summed E-state index contributed by atoms with van der Waals surface area (Å²) in [6, 6.07) is 13.4. The molecule has 0 heterocycles. The molecule has 0 aliphatic heterocycles. The summed E-state index contributed by atoms with van der Waals surface area (Å²) in [4.78, 5) is 0. The summed E-state index contributed by atoms with van der Waals surface area (Å²) in [6.45, 7) is 1.89. The Morgan fingerprint density at radius 2 is 1.42 bits per heavy atom. The normalized spacial score (nSPS) is 14.1. The van der Waals surface area contributed by atoms with Crippen molar-refractivity contribution < 1.29 is 8.78 Å². The summed E-state index contributed by atoms with van der Waals surface area (Å²) in [7, 11) is 0. The van der Waals surface area contributed by atoms with E-state index in [2.05, 4.69) is 0 Å². The van der Waals surface area contributed by atoms with E-state index >= 15 is 0 Å². The minimum absolute atomic E-state index is 0.427. The average molecular weight is 261 g/mol. The van der Waals surface area contributed by atoms with Crippen LogP contribution in [0.3, 0.4) is 0 Å². The van der Waals surface area contributed by atoms with Gasteiger partial charge in [0.25, 0.3) is 0 Å². The highest BCUT2D eigenvalue weighted by Crippen LogP contribution is 2.18. The van der Waals surface area contributed by atoms with Crippen LogP contribution in [-0.2, 0) is 12.8 Å². The van der Waals surface area contributed by atoms with Crippen LogP contribution in [0.1, 0.15) is 18.1 Å². The second-order valence-electron chi connectivity index (χ2n) is 5.27. The molecule has 2 N–H and O–H groups in total. The fourth-order valence-corrected chi connectivity index (χ4v) is 2.30. The van der Waals surface area contributed by atoms with Crippen LogP contribution in [0.5, 0.6) is 0 Å². The maximum atomic E-state index is 13.1. The standard InChI is InChI=1S/C16H17F2N/c1-16(19,10-12-5-3-2-4-6-12)11-13-7-14(17)9-15(18)8-13/h2-9H,10-11,19H2,1H3. The number of halogens is 2. The van der Waals surface area contributed by atoms with E-state index in [1.807, 2.05) is 37.3 Å². The smallest absolute Gasteiger partial charge is 0.126 e. The van der Waals surface area contributed by atoms with Gasteiger partial charge in [-0.05, 0) is 43.0 Å². The first-order valence-corrected chi connectivity index (χ1v) is 6.22. The SMILES string of the molecule is CC(N)(Cc1ccccc1)Cc1cc(F)cc(F)c1.